The lowest BCUT2D eigenvalue weighted by Crippen LogP contribution is -2.02. The summed E-state index contributed by atoms with van der Waals surface area (Å²) in [6, 6.07) is 52.4. The summed E-state index contributed by atoms with van der Waals surface area (Å²) in [5.74, 6) is 0. The summed E-state index contributed by atoms with van der Waals surface area (Å²) in [6.07, 6.45) is 0. The van der Waals surface area contributed by atoms with E-state index in [2.05, 4.69) is 63.7 Å². The van der Waals surface area contributed by atoms with Crippen molar-refractivity contribution in [3.05, 3.63) is 156 Å². The van der Waals surface area contributed by atoms with Gasteiger partial charge in [0.05, 0.1) is 44.3 Å². The van der Waals surface area contributed by atoms with Crippen molar-refractivity contribution in [2.45, 2.75) is 0 Å². The average Bonchev–Trinajstić information content (AvgIpc) is 3.86. The summed E-state index contributed by atoms with van der Waals surface area (Å²) >= 11 is 0. The van der Waals surface area contributed by atoms with Crippen molar-refractivity contribution in [1.29, 1.82) is 21.0 Å². The Hall–Kier alpha value is -8.10. The summed E-state index contributed by atoms with van der Waals surface area (Å²) in [5.41, 5.74) is 7.87. The van der Waals surface area contributed by atoms with Crippen LogP contribution in [0.2, 0.25) is 0 Å². The molecule has 242 valence electrons. The Balaban J connectivity index is 1.31. The molecule has 0 aliphatic carbocycles. The third-order valence-corrected chi connectivity index (χ3v) is 10.3. The molecule has 0 saturated carbocycles. The lowest BCUT2D eigenvalue weighted by atomic mass is 9.90. The van der Waals surface area contributed by atoms with Gasteiger partial charge >= 0.3 is 0 Å². The molecule has 0 bridgehead atoms. The van der Waals surface area contributed by atoms with Crippen molar-refractivity contribution in [3.8, 4) is 46.8 Å². The fourth-order valence-electron chi connectivity index (χ4n) is 8.02. The molecular formula is C46H22N6O. The quantitative estimate of drug-likeness (QED) is 0.185. The Labute approximate surface area is 301 Å². The van der Waals surface area contributed by atoms with E-state index in [4.69, 9.17) is 4.42 Å². The second kappa shape index (κ2) is 11.2. The second-order valence-electron chi connectivity index (χ2n) is 13.0. The van der Waals surface area contributed by atoms with E-state index in [1.165, 1.54) is 0 Å². The van der Waals surface area contributed by atoms with Crippen molar-refractivity contribution in [3.63, 3.8) is 0 Å². The number of furan rings is 1. The zero-order valence-electron chi connectivity index (χ0n) is 27.8. The van der Waals surface area contributed by atoms with E-state index in [1.807, 2.05) is 91.0 Å². The topological polar surface area (TPSA) is 118 Å². The van der Waals surface area contributed by atoms with Crippen LogP contribution in [0.1, 0.15) is 22.3 Å². The van der Waals surface area contributed by atoms with Gasteiger partial charge in [0, 0.05) is 54.8 Å². The highest BCUT2D eigenvalue weighted by Gasteiger charge is 2.23. The highest BCUT2D eigenvalue weighted by molar-refractivity contribution is 6.17. The first-order valence-corrected chi connectivity index (χ1v) is 16.9. The number of nitriles is 4. The fourth-order valence-corrected chi connectivity index (χ4v) is 8.02. The summed E-state index contributed by atoms with van der Waals surface area (Å²) < 4.78 is 10.4. The Bertz CT molecular complexity index is 3350. The molecule has 0 N–H and O–H groups in total. The van der Waals surface area contributed by atoms with Gasteiger partial charge in [-0.05, 0) is 60.7 Å². The molecule has 3 aromatic heterocycles. The smallest absolute Gasteiger partial charge is 0.136 e. The van der Waals surface area contributed by atoms with Crippen molar-refractivity contribution in [2.24, 2.45) is 0 Å². The molecule has 0 spiro atoms. The summed E-state index contributed by atoms with van der Waals surface area (Å²) in [5, 5.41) is 48.2. The molecule has 0 aliphatic heterocycles. The lowest BCUT2D eigenvalue weighted by Gasteiger charge is -2.17. The van der Waals surface area contributed by atoms with E-state index in [-0.39, 0.29) is 22.3 Å². The van der Waals surface area contributed by atoms with Gasteiger partial charge in [-0.1, -0.05) is 72.8 Å². The third kappa shape index (κ3) is 4.17. The number of fused-ring (bicyclic) bond motifs is 9. The van der Waals surface area contributed by atoms with Crippen molar-refractivity contribution in [1.82, 2.24) is 9.13 Å². The van der Waals surface area contributed by atoms with Gasteiger partial charge in [-0.2, -0.15) is 21.0 Å². The van der Waals surface area contributed by atoms with Crippen LogP contribution in [0.4, 0.5) is 0 Å². The van der Waals surface area contributed by atoms with Gasteiger partial charge in [-0.25, -0.2) is 0 Å². The molecule has 7 nitrogen and oxygen atoms in total. The van der Waals surface area contributed by atoms with Crippen molar-refractivity contribution in [2.75, 3.05) is 0 Å². The lowest BCUT2D eigenvalue weighted by molar-refractivity contribution is 0.669. The largest absolute Gasteiger partial charge is 0.456 e. The van der Waals surface area contributed by atoms with Gasteiger partial charge in [0.15, 0.2) is 0 Å². The standard InChI is InChI=1S/C46H22N6O/c47-23-27-17-29(51-41-13-5-1-9-31(41)32-10-2-6-14-42(32)51)19-35(39(27)25-49)36-20-30(18-28(24-48)40(36)26-50)52-43-15-7-3-11-33(43)37-22-46-38(21-44(37)52)34-12-4-8-16-45(34)53-46/h1-22H. The van der Waals surface area contributed by atoms with Gasteiger partial charge in [0.25, 0.3) is 0 Å². The molecule has 0 amide bonds. The maximum absolute atomic E-state index is 10.6. The predicted octanol–water partition coefficient (Wildman–Crippen LogP) is 10.9. The Morgan fingerprint density at radius 1 is 0.377 bits per heavy atom. The van der Waals surface area contributed by atoms with Crippen LogP contribution in [0.25, 0.3) is 88.1 Å². The van der Waals surface area contributed by atoms with E-state index in [0.717, 1.165) is 65.6 Å². The normalized spacial score (nSPS) is 11.3. The van der Waals surface area contributed by atoms with Crippen LogP contribution in [0.5, 0.6) is 0 Å². The minimum Gasteiger partial charge on any atom is -0.456 e. The maximum atomic E-state index is 10.6. The number of nitrogens with zero attached hydrogens (tertiary/aromatic N) is 6. The number of hydrogen-bond acceptors (Lipinski definition) is 5. The molecule has 0 radical (unpaired) electrons. The Kier molecular flexibility index (Phi) is 6.30. The summed E-state index contributed by atoms with van der Waals surface area (Å²) in [6.45, 7) is 0. The minimum atomic E-state index is 0.125. The number of rotatable bonds is 3. The summed E-state index contributed by atoms with van der Waals surface area (Å²) in [4.78, 5) is 0. The Morgan fingerprint density at radius 3 is 1.34 bits per heavy atom. The van der Waals surface area contributed by atoms with Crippen molar-refractivity contribution >= 4 is 65.6 Å². The zero-order chi connectivity index (χ0) is 35.8. The maximum Gasteiger partial charge on any atom is 0.136 e. The van der Waals surface area contributed by atoms with Crippen LogP contribution in [0, 0.1) is 45.3 Å². The third-order valence-electron chi connectivity index (χ3n) is 10.3. The zero-order valence-corrected chi connectivity index (χ0v) is 27.8. The van der Waals surface area contributed by atoms with E-state index in [1.54, 1.807) is 12.1 Å². The van der Waals surface area contributed by atoms with Gasteiger partial charge in [0.2, 0.25) is 0 Å². The van der Waals surface area contributed by atoms with Crippen LogP contribution in [0.3, 0.4) is 0 Å². The van der Waals surface area contributed by atoms with Crippen LogP contribution < -0.4 is 0 Å². The highest BCUT2D eigenvalue weighted by Crippen LogP contribution is 2.41. The first-order chi connectivity index (χ1) is 26.1. The second-order valence-corrected chi connectivity index (χ2v) is 13.0. The van der Waals surface area contributed by atoms with E-state index >= 15 is 0 Å². The minimum absolute atomic E-state index is 0.125. The first-order valence-electron chi connectivity index (χ1n) is 16.9. The molecule has 0 saturated heterocycles. The van der Waals surface area contributed by atoms with E-state index in [9.17, 15) is 21.0 Å². The SMILES string of the molecule is N#Cc1cc(-n2c3ccccc3c3ccccc32)cc(-c2cc(-n3c4ccccc4c4cc5oc6ccccc6c5cc43)cc(C#N)c2C#N)c1C#N. The molecule has 0 unspecified atom stereocenters. The highest BCUT2D eigenvalue weighted by atomic mass is 16.3. The van der Waals surface area contributed by atoms with Crippen LogP contribution in [0.15, 0.2) is 138 Å². The molecule has 10 rings (SSSR count). The van der Waals surface area contributed by atoms with Gasteiger partial charge in [-0.3, -0.25) is 0 Å². The molecule has 7 aromatic carbocycles. The first kappa shape index (κ1) is 29.8. The van der Waals surface area contributed by atoms with Gasteiger partial charge < -0.3 is 13.6 Å². The predicted molar refractivity (Wildman–Crippen MR) is 207 cm³/mol. The van der Waals surface area contributed by atoms with Crippen molar-refractivity contribution < 1.29 is 4.42 Å². The Morgan fingerprint density at radius 2 is 0.830 bits per heavy atom. The average molecular weight is 675 g/mol. The number of para-hydroxylation sites is 4. The molecular weight excluding hydrogens is 653 g/mol. The van der Waals surface area contributed by atoms with Gasteiger partial charge in [0.1, 0.15) is 35.4 Å². The monoisotopic (exact) mass is 674 g/mol. The molecule has 10 aromatic rings. The number of aromatic nitrogens is 2. The van der Waals surface area contributed by atoms with Crippen LogP contribution in [-0.2, 0) is 0 Å². The number of hydrogen-bond donors (Lipinski definition) is 0. The molecule has 3 heterocycles. The van der Waals surface area contributed by atoms with Crippen LogP contribution >= 0.6 is 0 Å². The van der Waals surface area contributed by atoms with Gasteiger partial charge in [-0.15, -0.1) is 0 Å². The molecule has 0 atom stereocenters. The van der Waals surface area contributed by atoms with E-state index < -0.39 is 0 Å². The van der Waals surface area contributed by atoms with Crippen LogP contribution in [-0.4, -0.2) is 9.13 Å². The molecule has 7 heteroatoms. The molecule has 0 fully saturated rings. The number of benzene rings is 7. The molecule has 53 heavy (non-hydrogen) atoms. The molecule has 0 aliphatic rings. The fraction of sp³-hybridized carbons (Fsp3) is 0. The summed E-state index contributed by atoms with van der Waals surface area (Å²) in [7, 11) is 0. The van der Waals surface area contributed by atoms with E-state index in [0.29, 0.717) is 22.5 Å².